The van der Waals surface area contributed by atoms with Gasteiger partial charge >= 0.3 is 0 Å². The van der Waals surface area contributed by atoms with Gasteiger partial charge in [-0.3, -0.25) is 0 Å². The van der Waals surface area contributed by atoms with Crippen LogP contribution in [0.25, 0.3) is 0 Å². The second-order valence-corrected chi connectivity index (χ2v) is 5.74. The van der Waals surface area contributed by atoms with E-state index in [4.69, 9.17) is 4.74 Å². The Labute approximate surface area is 140 Å². The standard InChI is InChI=1S/C11H19NO.C7H16.C2H6/c1-9(2)12-8-10-4-6-11(13-3)7-5-10;1-3-5-7-6-4-2;1-2/h4-6,9,11-12H,7-8H2,1-3H3;3-7H2,1-2H3;1-2H3. The Morgan fingerprint density at radius 2 is 1.73 bits per heavy atom. The van der Waals surface area contributed by atoms with Crippen LogP contribution in [-0.2, 0) is 4.74 Å². The Morgan fingerprint density at radius 1 is 1.14 bits per heavy atom. The molecule has 2 heteroatoms. The lowest BCUT2D eigenvalue weighted by atomic mass is 10.0. The molecule has 0 saturated heterocycles. The number of ether oxygens (including phenoxy) is 1. The maximum absolute atomic E-state index is 5.21. The second-order valence-electron chi connectivity index (χ2n) is 5.74. The smallest absolute Gasteiger partial charge is 0.0789 e. The van der Waals surface area contributed by atoms with Crippen molar-refractivity contribution >= 4 is 0 Å². The molecule has 0 aliphatic heterocycles. The third-order valence-corrected chi connectivity index (χ3v) is 3.36. The van der Waals surface area contributed by atoms with Crippen LogP contribution in [0.5, 0.6) is 0 Å². The highest BCUT2D eigenvalue weighted by molar-refractivity contribution is 5.25. The molecule has 0 heterocycles. The maximum atomic E-state index is 5.21. The van der Waals surface area contributed by atoms with Gasteiger partial charge in [0.25, 0.3) is 0 Å². The summed E-state index contributed by atoms with van der Waals surface area (Å²) in [6, 6.07) is 0.550. The van der Waals surface area contributed by atoms with Gasteiger partial charge in [-0.25, -0.2) is 0 Å². The normalized spacial score (nSPS) is 16.4. The maximum Gasteiger partial charge on any atom is 0.0789 e. The van der Waals surface area contributed by atoms with E-state index >= 15 is 0 Å². The molecule has 1 aliphatic carbocycles. The number of unbranched alkanes of at least 4 members (excludes halogenated alkanes) is 4. The van der Waals surface area contributed by atoms with E-state index in [-0.39, 0.29) is 6.10 Å². The fraction of sp³-hybridized carbons (Fsp3) is 0.800. The molecule has 1 atom stereocenters. The lowest BCUT2D eigenvalue weighted by Gasteiger charge is -2.15. The third-order valence-electron chi connectivity index (χ3n) is 3.36. The summed E-state index contributed by atoms with van der Waals surface area (Å²) in [6.07, 6.45) is 14.8. The highest BCUT2D eigenvalue weighted by Crippen LogP contribution is 2.11. The Bertz CT molecular complexity index is 265. The van der Waals surface area contributed by atoms with E-state index in [9.17, 15) is 0 Å². The van der Waals surface area contributed by atoms with Crippen LogP contribution in [0.15, 0.2) is 23.8 Å². The molecule has 0 aromatic rings. The number of hydrogen-bond donors (Lipinski definition) is 1. The first-order valence-electron chi connectivity index (χ1n) is 9.27. The molecular formula is C20H41NO. The fourth-order valence-corrected chi connectivity index (χ4v) is 1.95. The number of hydrogen-bond acceptors (Lipinski definition) is 2. The summed E-state index contributed by atoms with van der Waals surface area (Å²) in [4.78, 5) is 0. The second kappa shape index (κ2) is 18.4. The van der Waals surface area contributed by atoms with Gasteiger partial charge in [0, 0.05) is 19.7 Å². The summed E-state index contributed by atoms with van der Waals surface area (Å²) in [7, 11) is 1.75. The van der Waals surface area contributed by atoms with Gasteiger partial charge in [0.05, 0.1) is 6.10 Å². The molecule has 0 fully saturated rings. The highest BCUT2D eigenvalue weighted by Gasteiger charge is 2.06. The predicted octanol–water partition coefficient (Wildman–Crippen LogP) is 5.89. The summed E-state index contributed by atoms with van der Waals surface area (Å²) in [5.41, 5.74) is 1.36. The van der Waals surface area contributed by atoms with Crippen molar-refractivity contribution in [3.8, 4) is 0 Å². The molecule has 0 amide bonds. The van der Waals surface area contributed by atoms with Crippen LogP contribution in [0.4, 0.5) is 0 Å². The van der Waals surface area contributed by atoms with Crippen molar-refractivity contribution in [3.63, 3.8) is 0 Å². The van der Waals surface area contributed by atoms with E-state index in [2.05, 4.69) is 51.2 Å². The van der Waals surface area contributed by atoms with Crippen molar-refractivity contribution in [3.05, 3.63) is 23.8 Å². The number of methoxy groups -OCH3 is 1. The summed E-state index contributed by atoms with van der Waals surface area (Å²) in [5.74, 6) is 0. The monoisotopic (exact) mass is 311 g/mol. The van der Waals surface area contributed by atoms with Crippen LogP contribution in [0.1, 0.15) is 80.1 Å². The van der Waals surface area contributed by atoms with Crippen LogP contribution < -0.4 is 5.32 Å². The third kappa shape index (κ3) is 15.8. The van der Waals surface area contributed by atoms with Gasteiger partial charge in [-0.2, -0.15) is 0 Å². The Morgan fingerprint density at radius 3 is 2.09 bits per heavy atom. The molecule has 1 aliphatic rings. The molecule has 0 aromatic carbocycles. The van der Waals surface area contributed by atoms with E-state index < -0.39 is 0 Å². The van der Waals surface area contributed by atoms with Gasteiger partial charge in [-0.1, -0.05) is 91.9 Å². The minimum Gasteiger partial charge on any atom is -0.377 e. The van der Waals surface area contributed by atoms with Crippen molar-refractivity contribution in [2.75, 3.05) is 13.7 Å². The van der Waals surface area contributed by atoms with Crippen LogP contribution >= 0.6 is 0 Å². The van der Waals surface area contributed by atoms with Crippen LogP contribution in [0, 0.1) is 0 Å². The molecule has 0 spiro atoms. The van der Waals surface area contributed by atoms with Gasteiger partial charge < -0.3 is 10.1 Å². The van der Waals surface area contributed by atoms with Crippen molar-refractivity contribution in [2.45, 2.75) is 92.2 Å². The topological polar surface area (TPSA) is 21.3 Å². The molecule has 0 bridgehead atoms. The predicted molar refractivity (Wildman–Crippen MR) is 102 cm³/mol. The van der Waals surface area contributed by atoms with E-state index in [0.29, 0.717) is 6.04 Å². The molecule has 1 rings (SSSR count). The van der Waals surface area contributed by atoms with E-state index in [1.54, 1.807) is 7.11 Å². The fourth-order valence-electron chi connectivity index (χ4n) is 1.95. The van der Waals surface area contributed by atoms with E-state index in [0.717, 1.165) is 13.0 Å². The SMILES string of the molecule is CC.CCCCCCC.COC1C=CC(CNC(C)C)=CC1. The van der Waals surface area contributed by atoms with Crippen LogP contribution in [0.2, 0.25) is 0 Å². The highest BCUT2D eigenvalue weighted by atomic mass is 16.5. The molecule has 22 heavy (non-hydrogen) atoms. The molecule has 1 N–H and O–H groups in total. The molecule has 132 valence electrons. The minimum atomic E-state index is 0.280. The minimum absolute atomic E-state index is 0.280. The molecule has 2 nitrogen and oxygen atoms in total. The Balaban J connectivity index is 0. The first-order chi connectivity index (χ1) is 10.6. The zero-order chi connectivity index (χ0) is 17.2. The molecule has 0 radical (unpaired) electrons. The summed E-state index contributed by atoms with van der Waals surface area (Å²) in [6.45, 7) is 13.8. The zero-order valence-corrected chi connectivity index (χ0v) is 16.2. The molecule has 0 saturated carbocycles. The van der Waals surface area contributed by atoms with E-state index in [1.165, 1.54) is 37.7 Å². The first-order valence-corrected chi connectivity index (χ1v) is 9.27. The summed E-state index contributed by atoms with van der Waals surface area (Å²) < 4.78 is 5.21. The average molecular weight is 312 g/mol. The first kappa shape index (κ1) is 23.7. The lowest BCUT2D eigenvalue weighted by molar-refractivity contribution is 0.142. The van der Waals surface area contributed by atoms with Crippen LogP contribution in [0.3, 0.4) is 0 Å². The van der Waals surface area contributed by atoms with Gasteiger partial charge in [0.15, 0.2) is 0 Å². The zero-order valence-electron chi connectivity index (χ0n) is 16.2. The molecule has 1 unspecified atom stereocenters. The van der Waals surface area contributed by atoms with Crippen molar-refractivity contribution in [1.82, 2.24) is 5.32 Å². The van der Waals surface area contributed by atoms with Gasteiger partial charge in [0.1, 0.15) is 0 Å². The van der Waals surface area contributed by atoms with Crippen molar-refractivity contribution in [1.29, 1.82) is 0 Å². The van der Waals surface area contributed by atoms with Crippen molar-refractivity contribution in [2.24, 2.45) is 0 Å². The average Bonchev–Trinajstić information content (AvgIpc) is 2.56. The Kier molecular flexibility index (Phi) is 19.8. The number of rotatable bonds is 8. The quantitative estimate of drug-likeness (QED) is 0.564. The van der Waals surface area contributed by atoms with Gasteiger partial charge in [-0.05, 0) is 12.0 Å². The van der Waals surface area contributed by atoms with Gasteiger partial charge in [-0.15, -0.1) is 0 Å². The van der Waals surface area contributed by atoms with Crippen molar-refractivity contribution < 1.29 is 4.74 Å². The van der Waals surface area contributed by atoms with Gasteiger partial charge in [0.2, 0.25) is 0 Å². The molecular weight excluding hydrogens is 270 g/mol. The van der Waals surface area contributed by atoms with Crippen LogP contribution in [-0.4, -0.2) is 25.8 Å². The Hall–Kier alpha value is -0.600. The lowest BCUT2D eigenvalue weighted by Crippen LogP contribution is -2.25. The summed E-state index contributed by atoms with van der Waals surface area (Å²) >= 11 is 0. The molecule has 0 aromatic heterocycles. The number of nitrogens with one attached hydrogen (secondary N) is 1. The summed E-state index contributed by atoms with van der Waals surface area (Å²) in [5, 5.41) is 3.39. The largest absolute Gasteiger partial charge is 0.377 e. The van der Waals surface area contributed by atoms with E-state index in [1.807, 2.05) is 13.8 Å².